The normalized spacial score (nSPS) is 11.5. The highest BCUT2D eigenvalue weighted by Crippen LogP contribution is 1.97. The van der Waals surface area contributed by atoms with E-state index >= 15 is 0 Å². The summed E-state index contributed by atoms with van der Waals surface area (Å²) in [5, 5.41) is 3.33. The van der Waals surface area contributed by atoms with Gasteiger partial charge >= 0.3 is 0 Å². The van der Waals surface area contributed by atoms with E-state index in [1.165, 1.54) is 12.8 Å². The first-order valence-electron chi connectivity index (χ1n) is 8.34. The summed E-state index contributed by atoms with van der Waals surface area (Å²) >= 11 is 0. The van der Waals surface area contributed by atoms with E-state index in [1.54, 1.807) is 16.7 Å². The number of aliphatic imine (C=N–C) groups is 1. The molecule has 0 aliphatic heterocycles. The topological polar surface area (TPSA) is 49.6 Å². The van der Waals surface area contributed by atoms with E-state index in [0.29, 0.717) is 0 Å². The summed E-state index contributed by atoms with van der Waals surface area (Å²) in [5.74, 6) is 0.979. The van der Waals surface area contributed by atoms with Crippen molar-refractivity contribution in [1.82, 2.24) is 14.8 Å². The van der Waals surface area contributed by atoms with Gasteiger partial charge in [0.1, 0.15) is 0 Å². The third kappa shape index (κ3) is 6.78. The molecule has 124 valence electrons. The van der Waals surface area contributed by atoms with Crippen LogP contribution in [0.4, 0.5) is 0 Å². The molecule has 0 atom stereocenters. The summed E-state index contributed by atoms with van der Waals surface area (Å²) < 4.78 is 1.75. The van der Waals surface area contributed by atoms with Crippen LogP contribution in [-0.2, 0) is 6.54 Å². The SMILES string of the molecule is CCCCN(C)C(=NCCCCn1ccccc1=O)NCC. The van der Waals surface area contributed by atoms with E-state index in [1.807, 2.05) is 12.3 Å². The molecule has 1 rings (SSSR count). The quantitative estimate of drug-likeness (QED) is 0.433. The highest BCUT2D eigenvalue weighted by Gasteiger charge is 2.04. The molecule has 0 amide bonds. The van der Waals surface area contributed by atoms with Gasteiger partial charge in [-0.1, -0.05) is 19.4 Å². The number of hydrogen-bond donors (Lipinski definition) is 1. The molecule has 5 nitrogen and oxygen atoms in total. The van der Waals surface area contributed by atoms with Crippen LogP contribution in [-0.4, -0.2) is 42.1 Å². The standard InChI is InChI=1S/C17H30N4O/c1-4-6-13-20(3)17(18-5-2)19-12-8-10-15-21-14-9-7-11-16(21)22/h7,9,11,14H,4-6,8,10,12-13,15H2,1-3H3,(H,18,19). The molecule has 5 heteroatoms. The Kier molecular flexibility index (Phi) is 9.03. The summed E-state index contributed by atoms with van der Waals surface area (Å²) in [4.78, 5) is 18.4. The molecule has 0 spiro atoms. The minimum absolute atomic E-state index is 0.0682. The number of nitrogens with one attached hydrogen (secondary N) is 1. The van der Waals surface area contributed by atoms with E-state index in [9.17, 15) is 4.79 Å². The van der Waals surface area contributed by atoms with E-state index < -0.39 is 0 Å². The molecule has 0 aliphatic rings. The molecule has 0 aliphatic carbocycles. The Hall–Kier alpha value is -1.78. The lowest BCUT2D eigenvalue weighted by atomic mass is 10.3. The first-order chi connectivity index (χ1) is 10.7. The fourth-order valence-corrected chi connectivity index (χ4v) is 2.20. The predicted octanol–water partition coefficient (Wildman–Crippen LogP) is 2.33. The van der Waals surface area contributed by atoms with Gasteiger partial charge in [-0.25, -0.2) is 0 Å². The third-order valence-corrected chi connectivity index (χ3v) is 3.51. The van der Waals surface area contributed by atoms with Crippen molar-refractivity contribution in [2.24, 2.45) is 4.99 Å². The summed E-state index contributed by atoms with van der Waals surface area (Å²) in [7, 11) is 2.08. The van der Waals surface area contributed by atoms with Crippen LogP contribution in [0.1, 0.15) is 39.5 Å². The highest BCUT2D eigenvalue weighted by molar-refractivity contribution is 5.79. The smallest absolute Gasteiger partial charge is 0.250 e. The Morgan fingerprint density at radius 2 is 2.09 bits per heavy atom. The molecule has 1 aromatic heterocycles. The van der Waals surface area contributed by atoms with Crippen LogP contribution in [0.3, 0.4) is 0 Å². The van der Waals surface area contributed by atoms with Crippen molar-refractivity contribution in [2.75, 3.05) is 26.7 Å². The van der Waals surface area contributed by atoms with Crippen LogP contribution < -0.4 is 10.9 Å². The Balaban J connectivity index is 2.37. The van der Waals surface area contributed by atoms with Gasteiger partial charge in [0.2, 0.25) is 5.56 Å². The summed E-state index contributed by atoms with van der Waals surface area (Å²) in [6.07, 6.45) is 6.16. The average molecular weight is 306 g/mol. The maximum absolute atomic E-state index is 11.6. The molecule has 1 N–H and O–H groups in total. The van der Waals surface area contributed by atoms with Crippen molar-refractivity contribution >= 4 is 5.96 Å². The van der Waals surface area contributed by atoms with Crippen molar-refractivity contribution in [1.29, 1.82) is 0 Å². The second kappa shape index (κ2) is 10.9. The van der Waals surface area contributed by atoms with Gasteiger partial charge in [0.05, 0.1) is 0 Å². The second-order valence-electron chi connectivity index (χ2n) is 5.45. The van der Waals surface area contributed by atoms with Crippen LogP contribution in [0, 0.1) is 0 Å². The molecular formula is C17H30N4O. The molecule has 0 radical (unpaired) electrons. The monoisotopic (exact) mass is 306 g/mol. The van der Waals surface area contributed by atoms with Crippen LogP contribution in [0.25, 0.3) is 0 Å². The van der Waals surface area contributed by atoms with Crippen LogP contribution in [0.2, 0.25) is 0 Å². The van der Waals surface area contributed by atoms with Crippen LogP contribution in [0.15, 0.2) is 34.2 Å². The van der Waals surface area contributed by atoms with E-state index in [0.717, 1.165) is 45.0 Å². The number of hydrogen-bond acceptors (Lipinski definition) is 2. The Labute approximate surface area is 134 Å². The van der Waals surface area contributed by atoms with Crippen LogP contribution in [0.5, 0.6) is 0 Å². The molecule has 1 heterocycles. The Bertz CT molecular complexity index is 495. The molecule has 1 aromatic rings. The van der Waals surface area contributed by atoms with Gasteiger partial charge in [0.15, 0.2) is 5.96 Å². The van der Waals surface area contributed by atoms with E-state index in [-0.39, 0.29) is 5.56 Å². The first kappa shape index (κ1) is 18.3. The van der Waals surface area contributed by atoms with Crippen molar-refractivity contribution < 1.29 is 0 Å². The number of aromatic nitrogens is 1. The molecule has 22 heavy (non-hydrogen) atoms. The van der Waals surface area contributed by atoms with Gasteiger partial charge in [-0.3, -0.25) is 9.79 Å². The number of unbranched alkanes of at least 4 members (excludes halogenated alkanes) is 2. The molecular weight excluding hydrogens is 276 g/mol. The highest BCUT2D eigenvalue weighted by atomic mass is 16.1. The zero-order valence-corrected chi connectivity index (χ0v) is 14.2. The predicted molar refractivity (Wildman–Crippen MR) is 93.5 cm³/mol. The minimum atomic E-state index is 0.0682. The van der Waals surface area contributed by atoms with Gasteiger partial charge in [0, 0.05) is 45.5 Å². The maximum Gasteiger partial charge on any atom is 0.250 e. The molecule has 0 fully saturated rings. The lowest BCUT2D eigenvalue weighted by Crippen LogP contribution is -2.39. The zero-order chi connectivity index (χ0) is 16.2. The summed E-state index contributed by atoms with van der Waals surface area (Å²) in [5.41, 5.74) is 0.0682. The Morgan fingerprint density at radius 3 is 2.77 bits per heavy atom. The van der Waals surface area contributed by atoms with Gasteiger partial charge in [-0.15, -0.1) is 0 Å². The summed E-state index contributed by atoms with van der Waals surface area (Å²) in [6, 6.07) is 5.27. The molecule has 0 saturated heterocycles. The van der Waals surface area contributed by atoms with Gasteiger partial charge in [0.25, 0.3) is 0 Å². The minimum Gasteiger partial charge on any atom is -0.357 e. The molecule has 0 saturated carbocycles. The van der Waals surface area contributed by atoms with Crippen molar-refractivity contribution in [2.45, 2.75) is 46.1 Å². The van der Waals surface area contributed by atoms with E-state index in [2.05, 4.69) is 36.1 Å². The van der Waals surface area contributed by atoms with Crippen molar-refractivity contribution in [3.8, 4) is 0 Å². The average Bonchev–Trinajstić information content (AvgIpc) is 2.53. The maximum atomic E-state index is 11.6. The van der Waals surface area contributed by atoms with Crippen LogP contribution >= 0.6 is 0 Å². The largest absolute Gasteiger partial charge is 0.357 e. The number of nitrogens with zero attached hydrogens (tertiary/aromatic N) is 3. The number of aryl methyl sites for hydroxylation is 1. The molecule has 0 bridgehead atoms. The zero-order valence-electron chi connectivity index (χ0n) is 14.2. The third-order valence-electron chi connectivity index (χ3n) is 3.51. The summed E-state index contributed by atoms with van der Waals surface area (Å²) in [6.45, 7) is 7.75. The van der Waals surface area contributed by atoms with Crippen molar-refractivity contribution in [3.05, 3.63) is 34.7 Å². The first-order valence-corrected chi connectivity index (χ1v) is 8.34. The van der Waals surface area contributed by atoms with Gasteiger partial charge in [-0.2, -0.15) is 0 Å². The molecule has 0 unspecified atom stereocenters. The number of guanidine groups is 1. The van der Waals surface area contributed by atoms with E-state index in [4.69, 9.17) is 0 Å². The lowest BCUT2D eigenvalue weighted by molar-refractivity contribution is 0.464. The lowest BCUT2D eigenvalue weighted by Gasteiger charge is -2.21. The van der Waals surface area contributed by atoms with Crippen molar-refractivity contribution in [3.63, 3.8) is 0 Å². The fraction of sp³-hybridized carbons (Fsp3) is 0.647. The number of rotatable bonds is 9. The molecule has 0 aromatic carbocycles. The van der Waals surface area contributed by atoms with Gasteiger partial charge in [-0.05, 0) is 32.3 Å². The van der Waals surface area contributed by atoms with Gasteiger partial charge < -0.3 is 14.8 Å². The number of pyridine rings is 1. The second-order valence-corrected chi connectivity index (χ2v) is 5.45. The Morgan fingerprint density at radius 1 is 1.27 bits per heavy atom. The fourth-order valence-electron chi connectivity index (χ4n) is 2.20.